The molecule has 15 nitrogen and oxygen atoms in total. The molecule has 0 saturated carbocycles. The number of carbonyl (C=O) groups excluding carboxylic acids is 2. The number of hydrogen-bond acceptors (Lipinski definition) is 15. The molecule has 0 aliphatic heterocycles. The van der Waals surface area contributed by atoms with Crippen LogP contribution in [0.15, 0.2) is 0 Å². The van der Waals surface area contributed by atoms with E-state index in [9.17, 15) is 9.59 Å². The Morgan fingerprint density at radius 1 is 0.718 bits per heavy atom. The second-order valence-corrected chi connectivity index (χ2v) is 7.02. The minimum absolute atomic E-state index is 0.00505. The molecule has 0 rings (SSSR count). The quantitative estimate of drug-likeness (QED) is 0.0701. The molecule has 6 N–H and O–H groups in total. The van der Waals surface area contributed by atoms with E-state index in [4.69, 9.17) is 59.1 Å². The van der Waals surface area contributed by atoms with E-state index in [1.54, 1.807) is 7.11 Å². The van der Waals surface area contributed by atoms with Gasteiger partial charge in [0.2, 0.25) is 0 Å². The molecule has 0 aromatic carbocycles. The van der Waals surface area contributed by atoms with Crippen molar-refractivity contribution in [1.82, 2.24) is 0 Å². The highest BCUT2D eigenvalue weighted by Crippen LogP contribution is 1.94. The van der Waals surface area contributed by atoms with Gasteiger partial charge in [0.1, 0.15) is 37.3 Å². The van der Waals surface area contributed by atoms with E-state index < -0.39 is 12.2 Å². The molecule has 0 spiro atoms. The molecule has 15 heteroatoms. The van der Waals surface area contributed by atoms with Gasteiger partial charge in [0.15, 0.2) is 0 Å². The molecule has 0 aliphatic carbocycles. The van der Waals surface area contributed by atoms with E-state index >= 15 is 0 Å². The fraction of sp³-hybridized carbons (Fsp3) is 0.917. The number of esters is 1. The van der Waals surface area contributed by atoms with Crippen molar-refractivity contribution in [2.24, 2.45) is 0 Å². The fourth-order valence-corrected chi connectivity index (χ4v) is 1.78. The van der Waals surface area contributed by atoms with Crippen LogP contribution in [0.1, 0.15) is 20.3 Å². The molecule has 0 bridgehead atoms. The molecule has 240 valence electrons. The van der Waals surface area contributed by atoms with E-state index in [0.29, 0.717) is 26.1 Å². The molecule has 0 amide bonds. The van der Waals surface area contributed by atoms with Gasteiger partial charge in [-0.1, -0.05) is 6.92 Å². The predicted octanol–water partition coefficient (Wildman–Crippen LogP) is -2.22. The summed E-state index contributed by atoms with van der Waals surface area (Å²) in [6.07, 6.45) is -0.245. The monoisotopic (exact) mass is 582 g/mol. The maximum atomic E-state index is 9.78. The molecule has 0 radical (unpaired) electrons. The lowest BCUT2D eigenvalue weighted by atomic mass is 10.4. The number of aldehydes is 1. The maximum absolute atomic E-state index is 9.78. The van der Waals surface area contributed by atoms with Gasteiger partial charge < -0.3 is 68.6 Å². The first-order chi connectivity index (χ1) is 18.7. The summed E-state index contributed by atoms with van der Waals surface area (Å²) in [5.41, 5.74) is 0. The zero-order valence-electron chi connectivity index (χ0n) is 24.5. The number of aliphatic hydroxyl groups excluding tert-OH is 6. The van der Waals surface area contributed by atoms with Crippen molar-refractivity contribution >= 4 is 12.3 Å². The molecule has 39 heavy (non-hydrogen) atoms. The van der Waals surface area contributed by atoms with Crippen LogP contribution in [0.5, 0.6) is 0 Å². The average Bonchev–Trinajstić information content (AvgIpc) is 2.97. The van der Waals surface area contributed by atoms with Crippen molar-refractivity contribution in [2.45, 2.75) is 44.7 Å². The van der Waals surface area contributed by atoms with Crippen molar-refractivity contribution < 1.29 is 73.4 Å². The van der Waals surface area contributed by atoms with Gasteiger partial charge in [-0.15, -0.1) is 0 Å². The van der Waals surface area contributed by atoms with Gasteiger partial charge in [0, 0.05) is 42.0 Å². The minimum atomic E-state index is -0.893. The molecule has 0 heterocycles. The zero-order chi connectivity index (χ0) is 31.3. The molecule has 4 atom stereocenters. The van der Waals surface area contributed by atoms with Gasteiger partial charge in [-0.25, -0.2) is 0 Å². The lowest BCUT2D eigenvalue weighted by Gasteiger charge is -2.15. The van der Waals surface area contributed by atoms with E-state index in [1.807, 2.05) is 6.92 Å². The number of aliphatic hydroxyl groups is 6. The predicted molar refractivity (Wildman–Crippen MR) is 141 cm³/mol. The lowest BCUT2D eigenvalue weighted by Crippen LogP contribution is -2.29. The summed E-state index contributed by atoms with van der Waals surface area (Å²) in [6, 6.07) is 0. The van der Waals surface area contributed by atoms with Crippen LogP contribution >= 0.6 is 0 Å². The highest BCUT2D eigenvalue weighted by molar-refractivity contribution is 5.65. The Hall–Kier alpha value is -1.34. The molecule has 0 fully saturated rings. The summed E-state index contributed by atoms with van der Waals surface area (Å²) in [6.45, 7) is 4.55. The fourth-order valence-electron chi connectivity index (χ4n) is 1.78. The largest absolute Gasteiger partial charge is 0.469 e. The van der Waals surface area contributed by atoms with Crippen LogP contribution < -0.4 is 0 Å². The molecule has 0 aliphatic rings. The van der Waals surface area contributed by atoms with Crippen molar-refractivity contribution in [3.63, 3.8) is 0 Å². The third-order valence-corrected chi connectivity index (χ3v) is 3.65. The first-order valence-corrected chi connectivity index (χ1v) is 12.1. The van der Waals surface area contributed by atoms with E-state index in [2.05, 4.69) is 4.74 Å². The Bertz CT molecular complexity index is 444. The topological polar surface area (TPSA) is 220 Å². The standard InChI is InChI=1S/C7H16O5.C7H16O3.C6H12O4.C3H6O2.CH4O/c1-11-5-7(3-9)12-4-6(10)2-8;1-3-4-10-7(5-8)6-9-2;1-9-5-6(4-8)10-3-2-7;1-3(4)5-2;1-2/h6-10H,2-5H2,1H3;7-8H,3-6H2,1-2H3;2,6,8H,3-5H2,1H3;1-2H3;2H,1H3. The van der Waals surface area contributed by atoms with Gasteiger partial charge in [0.25, 0.3) is 0 Å². The van der Waals surface area contributed by atoms with Crippen LogP contribution in [0.25, 0.3) is 0 Å². The summed E-state index contributed by atoms with van der Waals surface area (Å²) in [5.74, 6) is -0.245. The van der Waals surface area contributed by atoms with Gasteiger partial charge in [0.05, 0.1) is 60.0 Å². The van der Waals surface area contributed by atoms with E-state index in [-0.39, 0.29) is 64.4 Å². The third kappa shape index (κ3) is 46.8. The molecule has 4 unspecified atom stereocenters. The molecule has 0 aromatic rings. The molecule has 0 saturated heterocycles. The van der Waals surface area contributed by atoms with E-state index in [1.165, 1.54) is 28.3 Å². The Morgan fingerprint density at radius 3 is 1.38 bits per heavy atom. The highest BCUT2D eigenvalue weighted by atomic mass is 16.5. The summed E-state index contributed by atoms with van der Waals surface area (Å²) in [4.78, 5) is 19.4. The Balaban J connectivity index is -0.000000133. The van der Waals surface area contributed by atoms with Gasteiger partial charge in [-0.2, -0.15) is 0 Å². The van der Waals surface area contributed by atoms with Crippen LogP contribution in [0.4, 0.5) is 0 Å². The van der Waals surface area contributed by atoms with Crippen LogP contribution in [0.2, 0.25) is 0 Å². The summed E-state index contributed by atoms with van der Waals surface area (Å²) in [5, 5.41) is 50.2. The van der Waals surface area contributed by atoms with E-state index in [0.717, 1.165) is 13.5 Å². The van der Waals surface area contributed by atoms with Crippen molar-refractivity contribution in [1.29, 1.82) is 0 Å². The Morgan fingerprint density at radius 2 is 1.10 bits per heavy atom. The highest BCUT2D eigenvalue weighted by Gasteiger charge is 2.10. The van der Waals surface area contributed by atoms with Crippen LogP contribution in [-0.2, 0) is 42.7 Å². The molecule has 0 aromatic heterocycles. The van der Waals surface area contributed by atoms with Crippen molar-refractivity contribution in [3.8, 4) is 0 Å². The average molecular weight is 583 g/mol. The Kier molecular flexibility index (Phi) is 53.2. The maximum Gasteiger partial charge on any atom is 0.302 e. The molecular formula is C24H54O15. The van der Waals surface area contributed by atoms with Crippen molar-refractivity contribution in [3.05, 3.63) is 0 Å². The second-order valence-electron chi connectivity index (χ2n) is 7.02. The van der Waals surface area contributed by atoms with Crippen molar-refractivity contribution in [2.75, 3.05) is 102 Å². The minimum Gasteiger partial charge on any atom is -0.469 e. The zero-order valence-corrected chi connectivity index (χ0v) is 24.5. The van der Waals surface area contributed by atoms with Crippen LogP contribution in [0, 0.1) is 0 Å². The Labute approximate surface area is 232 Å². The first-order valence-electron chi connectivity index (χ1n) is 12.1. The smallest absolute Gasteiger partial charge is 0.302 e. The van der Waals surface area contributed by atoms with Gasteiger partial charge in [-0.05, 0) is 6.42 Å². The summed E-state index contributed by atoms with van der Waals surface area (Å²) < 4.78 is 33.4. The van der Waals surface area contributed by atoms with Gasteiger partial charge >= 0.3 is 5.97 Å². The second kappa shape index (κ2) is 43.7. The third-order valence-electron chi connectivity index (χ3n) is 3.65. The SMILES string of the molecule is CCCOC(CO)COC.CO.COC(C)=O.COCC(CO)OCC(O)CO.COCC(CO)OCC=O. The number of ether oxygens (including phenoxy) is 7. The number of carbonyl (C=O) groups is 2. The summed E-state index contributed by atoms with van der Waals surface area (Å²) >= 11 is 0. The van der Waals surface area contributed by atoms with Gasteiger partial charge in [-0.3, -0.25) is 4.79 Å². The van der Waals surface area contributed by atoms with Crippen LogP contribution in [-0.4, -0.2) is 169 Å². The summed E-state index contributed by atoms with van der Waals surface area (Å²) in [7, 11) is 6.95. The van der Waals surface area contributed by atoms with Crippen LogP contribution in [0.3, 0.4) is 0 Å². The first kappa shape index (κ1) is 47.4. The number of hydrogen-bond donors (Lipinski definition) is 6. The number of rotatable bonds is 19. The number of methoxy groups -OCH3 is 4. The molecular weight excluding hydrogens is 528 g/mol. The normalized spacial score (nSPS) is 12.7. The lowest BCUT2D eigenvalue weighted by molar-refractivity contribution is -0.137.